The number of carbonyl (C=O) groups excluding carboxylic acids is 1. The molecule has 0 aliphatic rings. The molecule has 1 aromatic carbocycles. The average Bonchev–Trinajstić information content (AvgIpc) is 2.37. The maximum atomic E-state index is 11.0. The van der Waals surface area contributed by atoms with Crippen LogP contribution in [-0.4, -0.2) is 19.6 Å². The summed E-state index contributed by atoms with van der Waals surface area (Å²) in [4.78, 5) is 11.0. The van der Waals surface area contributed by atoms with E-state index in [0.29, 0.717) is 6.42 Å². The second kappa shape index (κ2) is 7.85. The van der Waals surface area contributed by atoms with Gasteiger partial charge >= 0.3 is 5.97 Å². The van der Waals surface area contributed by atoms with Crippen molar-refractivity contribution in [3.8, 4) is 0 Å². The number of esters is 1. The zero-order valence-corrected chi connectivity index (χ0v) is 10.7. The lowest BCUT2D eigenvalue weighted by Crippen LogP contribution is -2.13. The van der Waals surface area contributed by atoms with E-state index in [1.54, 1.807) is 0 Å². The van der Waals surface area contributed by atoms with Crippen LogP contribution >= 0.6 is 0 Å². The summed E-state index contributed by atoms with van der Waals surface area (Å²) in [6.45, 7) is 4.11. The highest BCUT2D eigenvalue weighted by Gasteiger charge is 2.01. The van der Waals surface area contributed by atoms with Gasteiger partial charge in [0.1, 0.15) is 0 Å². The van der Waals surface area contributed by atoms with Crippen molar-refractivity contribution >= 4 is 5.97 Å². The first-order chi connectivity index (χ1) is 8.26. The van der Waals surface area contributed by atoms with Crippen molar-refractivity contribution in [3.63, 3.8) is 0 Å². The fourth-order valence-corrected chi connectivity index (χ4v) is 1.58. The van der Waals surface area contributed by atoms with Crippen LogP contribution < -0.4 is 5.32 Å². The van der Waals surface area contributed by atoms with Crippen molar-refractivity contribution in [2.24, 2.45) is 0 Å². The Bertz CT molecular complexity index is 333. The summed E-state index contributed by atoms with van der Waals surface area (Å²) in [5, 5.41) is 3.36. The van der Waals surface area contributed by atoms with Gasteiger partial charge in [0.25, 0.3) is 0 Å². The molecule has 1 aromatic rings. The van der Waals surface area contributed by atoms with Crippen molar-refractivity contribution in [2.45, 2.75) is 32.7 Å². The first kappa shape index (κ1) is 13.7. The van der Waals surface area contributed by atoms with E-state index in [0.717, 1.165) is 25.9 Å². The van der Waals surface area contributed by atoms with E-state index in [1.807, 2.05) is 0 Å². The monoisotopic (exact) mass is 235 g/mol. The third-order valence-corrected chi connectivity index (χ3v) is 2.62. The van der Waals surface area contributed by atoms with Gasteiger partial charge < -0.3 is 10.1 Å². The van der Waals surface area contributed by atoms with Crippen LogP contribution in [0.4, 0.5) is 0 Å². The van der Waals surface area contributed by atoms with Gasteiger partial charge in [-0.25, -0.2) is 0 Å². The van der Waals surface area contributed by atoms with E-state index in [9.17, 15) is 4.79 Å². The fraction of sp³-hybridized carbons (Fsp3) is 0.500. The third-order valence-electron chi connectivity index (χ3n) is 2.62. The molecule has 17 heavy (non-hydrogen) atoms. The summed E-state index contributed by atoms with van der Waals surface area (Å²) in [6.07, 6.45) is 2.34. The molecular formula is C14H21NO2. The van der Waals surface area contributed by atoms with Crippen LogP contribution in [0.3, 0.4) is 0 Å². The van der Waals surface area contributed by atoms with Crippen LogP contribution in [0.25, 0.3) is 0 Å². The summed E-state index contributed by atoms with van der Waals surface area (Å²) in [5.41, 5.74) is 2.45. The van der Waals surface area contributed by atoms with Crippen molar-refractivity contribution in [1.82, 2.24) is 5.32 Å². The number of carbonyl (C=O) groups is 1. The second-order valence-corrected chi connectivity index (χ2v) is 4.07. The van der Waals surface area contributed by atoms with Gasteiger partial charge in [-0.3, -0.25) is 4.79 Å². The van der Waals surface area contributed by atoms with Gasteiger partial charge in [0.15, 0.2) is 0 Å². The van der Waals surface area contributed by atoms with Gasteiger partial charge in [0, 0.05) is 13.0 Å². The van der Waals surface area contributed by atoms with Crippen molar-refractivity contribution in [2.75, 3.05) is 13.7 Å². The Morgan fingerprint density at radius 3 is 2.47 bits per heavy atom. The quantitative estimate of drug-likeness (QED) is 0.582. The predicted octanol–water partition coefficient (Wildman–Crippen LogP) is 2.29. The van der Waals surface area contributed by atoms with Crippen LogP contribution in [0.15, 0.2) is 24.3 Å². The smallest absolute Gasteiger partial charge is 0.305 e. The standard InChI is InChI=1S/C14H21NO2/c1-3-10-15-11-13-6-4-12(5-7-13)8-9-14(16)17-2/h4-7,15H,3,8-11H2,1-2H3. The Morgan fingerprint density at radius 2 is 1.88 bits per heavy atom. The first-order valence-corrected chi connectivity index (χ1v) is 6.11. The molecule has 0 saturated heterocycles. The van der Waals surface area contributed by atoms with Crippen molar-refractivity contribution in [1.29, 1.82) is 0 Å². The normalized spacial score (nSPS) is 10.2. The minimum atomic E-state index is -0.154. The molecule has 0 heterocycles. The molecule has 0 fully saturated rings. The highest BCUT2D eigenvalue weighted by Crippen LogP contribution is 2.07. The number of rotatable bonds is 7. The first-order valence-electron chi connectivity index (χ1n) is 6.11. The van der Waals surface area contributed by atoms with Gasteiger partial charge in [-0.2, -0.15) is 0 Å². The number of aryl methyl sites for hydroxylation is 1. The lowest BCUT2D eigenvalue weighted by Gasteiger charge is -2.05. The molecule has 3 heteroatoms. The Kier molecular flexibility index (Phi) is 6.33. The summed E-state index contributed by atoms with van der Waals surface area (Å²) < 4.78 is 4.61. The predicted molar refractivity (Wildman–Crippen MR) is 68.8 cm³/mol. The van der Waals surface area contributed by atoms with E-state index in [4.69, 9.17) is 0 Å². The number of ether oxygens (including phenoxy) is 1. The van der Waals surface area contributed by atoms with Crippen LogP contribution in [-0.2, 0) is 22.5 Å². The largest absolute Gasteiger partial charge is 0.469 e. The van der Waals surface area contributed by atoms with Crippen LogP contribution in [0.1, 0.15) is 30.9 Å². The molecule has 0 aliphatic heterocycles. The van der Waals surface area contributed by atoms with Gasteiger partial charge in [0.05, 0.1) is 7.11 Å². The molecule has 94 valence electrons. The lowest BCUT2D eigenvalue weighted by atomic mass is 10.1. The van der Waals surface area contributed by atoms with Gasteiger partial charge in [-0.05, 0) is 30.5 Å². The molecule has 0 atom stereocenters. The molecule has 0 aliphatic carbocycles. The molecule has 0 aromatic heterocycles. The van der Waals surface area contributed by atoms with Crippen LogP contribution in [0.5, 0.6) is 0 Å². The highest BCUT2D eigenvalue weighted by molar-refractivity contribution is 5.69. The summed E-state index contributed by atoms with van der Waals surface area (Å²) in [6, 6.07) is 8.36. The summed E-state index contributed by atoms with van der Waals surface area (Å²) in [7, 11) is 1.42. The summed E-state index contributed by atoms with van der Waals surface area (Å²) in [5.74, 6) is -0.154. The topological polar surface area (TPSA) is 38.3 Å². The van der Waals surface area contributed by atoms with Gasteiger partial charge in [0.2, 0.25) is 0 Å². The van der Waals surface area contributed by atoms with E-state index in [2.05, 4.69) is 41.2 Å². The number of hydrogen-bond donors (Lipinski definition) is 1. The Hall–Kier alpha value is -1.35. The van der Waals surface area contributed by atoms with E-state index in [-0.39, 0.29) is 5.97 Å². The maximum absolute atomic E-state index is 11.0. The Labute approximate surface area is 103 Å². The second-order valence-electron chi connectivity index (χ2n) is 4.07. The van der Waals surface area contributed by atoms with Gasteiger partial charge in [-0.1, -0.05) is 31.2 Å². The van der Waals surface area contributed by atoms with E-state index < -0.39 is 0 Å². The average molecular weight is 235 g/mol. The Morgan fingerprint density at radius 1 is 1.24 bits per heavy atom. The van der Waals surface area contributed by atoms with Crippen molar-refractivity contribution in [3.05, 3.63) is 35.4 Å². The minimum absolute atomic E-state index is 0.154. The number of nitrogens with one attached hydrogen (secondary N) is 1. The minimum Gasteiger partial charge on any atom is -0.469 e. The van der Waals surface area contributed by atoms with Gasteiger partial charge in [-0.15, -0.1) is 0 Å². The van der Waals surface area contributed by atoms with Crippen LogP contribution in [0.2, 0.25) is 0 Å². The number of methoxy groups -OCH3 is 1. The lowest BCUT2D eigenvalue weighted by molar-refractivity contribution is -0.140. The molecule has 3 nitrogen and oxygen atoms in total. The molecular weight excluding hydrogens is 214 g/mol. The van der Waals surface area contributed by atoms with Crippen molar-refractivity contribution < 1.29 is 9.53 Å². The molecule has 0 radical (unpaired) electrons. The molecule has 0 spiro atoms. The van der Waals surface area contributed by atoms with Crippen LogP contribution in [0, 0.1) is 0 Å². The SMILES string of the molecule is CCCNCc1ccc(CCC(=O)OC)cc1. The van der Waals surface area contributed by atoms with E-state index >= 15 is 0 Å². The maximum Gasteiger partial charge on any atom is 0.305 e. The molecule has 1 rings (SSSR count). The highest BCUT2D eigenvalue weighted by atomic mass is 16.5. The third kappa shape index (κ3) is 5.50. The molecule has 0 saturated carbocycles. The number of hydrogen-bond acceptors (Lipinski definition) is 3. The Balaban J connectivity index is 2.36. The number of benzene rings is 1. The zero-order chi connectivity index (χ0) is 12.5. The zero-order valence-electron chi connectivity index (χ0n) is 10.7. The van der Waals surface area contributed by atoms with E-state index in [1.165, 1.54) is 18.2 Å². The molecule has 0 unspecified atom stereocenters. The fourth-order valence-electron chi connectivity index (χ4n) is 1.58. The molecule has 0 bridgehead atoms. The molecule has 1 N–H and O–H groups in total. The summed E-state index contributed by atoms with van der Waals surface area (Å²) >= 11 is 0. The molecule has 0 amide bonds.